The number of allylic oxidation sites excluding steroid dienone is 11. The van der Waals surface area contributed by atoms with E-state index >= 15 is 0 Å². The van der Waals surface area contributed by atoms with E-state index in [1.165, 1.54) is 128 Å². The third-order valence-corrected chi connectivity index (χ3v) is 12.9. The van der Waals surface area contributed by atoms with Crippen LogP contribution in [0.25, 0.3) is 0 Å². The molecule has 0 aliphatic rings. The van der Waals surface area contributed by atoms with Crippen LogP contribution in [0, 0.1) is 0 Å². The lowest BCUT2D eigenvalue weighted by molar-refractivity contribution is -0.870. The van der Waals surface area contributed by atoms with Crippen LogP contribution in [0.2, 0.25) is 0 Å². The zero-order valence-corrected chi connectivity index (χ0v) is 44.6. The van der Waals surface area contributed by atoms with Gasteiger partial charge in [0.15, 0.2) is 0 Å². The number of rotatable bonds is 49. The number of phosphoric ester groups is 1. The fraction of sp³-hybridized carbons (Fsp3) is 0.772. The highest BCUT2D eigenvalue weighted by atomic mass is 31.2. The first-order valence-electron chi connectivity index (χ1n) is 27.3. The van der Waals surface area contributed by atoms with Crippen molar-refractivity contribution in [3.8, 4) is 0 Å². The van der Waals surface area contributed by atoms with E-state index in [4.69, 9.17) is 9.05 Å². The van der Waals surface area contributed by atoms with Crippen LogP contribution in [0.1, 0.15) is 232 Å². The Morgan fingerprint density at radius 2 is 0.909 bits per heavy atom. The predicted molar refractivity (Wildman–Crippen MR) is 286 cm³/mol. The van der Waals surface area contributed by atoms with Gasteiger partial charge in [-0.15, -0.1) is 0 Å². The van der Waals surface area contributed by atoms with Gasteiger partial charge in [0.1, 0.15) is 13.2 Å². The average Bonchev–Trinajstić information content (AvgIpc) is 3.28. The van der Waals surface area contributed by atoms with Gasteiger partial charge in [-0.2, -0.15) is 0 Å². The maximum Gasteiger partial charge on any atom is 0.472 e. The zero-order chi connectivity index (χ0) is 48.5. The number of hydrogen-bond acceptors (Lipinski definition) is 5. The fourth-order valence-electron chi connectivity index (χ4n) is 7.66. The molecular formula is C57H106N2O6P+. The van der Waals surface area contributed by atoms with Gasteiger partial charge in [0.2, 0.25) is 5.91 Å². The molecule has 3 atom stereocenters. The van der Waals surface area contributed by atoms with Gasteiger partial charge in [0, 0.05) is 6.42 Å². The molecule has 0 aromatic carbocycles. The number of nitrogens with zero attached hydrogens (tertiary/aromatic N) is 1. The zero-order valence-electron chi connectivity index (χ0n) is 43.7. The number of likely N-dealkylation sites (N-methyl/N-ethyl adjacent to an activating group) is 1. The van der Waals surface area contributed by atoms with Crippen molar-refractivity contribution < 1.29 is 32.9 Å². The summed E-state index contributed by atoms with van der Waals surface area (Å²) in [6.07, 6.45) is 65.5. The van der Waals surface area contributed by atoms with Gasteiger partial charge >= 0.3 is 7.82 Å². The Balaban J connectivity index is 4.31. The number of amides is 1. The number of unbranched alkanes of at least 4 members (excludes halogenated alkanes) is 26. The quantitative estimate of drug-likeness (QED) is 0.0243. The van der Waals surface area contributed by atoms with Gasteiger partial charge < -0.3 is 19.8 Å². The molecule has 0 saturated heterocycles. The molecule has 0 bridgehead atoms. The fourth-order valence-corrected chi connectivity index (χ4v) is 8.39. The van der Waals surface area contributed by atoms with Gasteiger partial charge in [0.05, 0.1) is 39.9 Å². The summed E-state index contributed by atoms with van der Waals surface area (Å²) in [7, 11) is 1.56. The third-order valence-electron chi connectivity index (χ3n) is 11.9. The van der Waals surface area contributed by atoms with E-state index in [9.17, 15) is 19.4 Å². The molecule has 0 aromatic heterocycles. The third kappa shape index (κ3) is 49.8. The Bertz CT molecular complexity index is 1300. The monoisotopic (exact) mass is 946 g/mol. The van der Waals surface area contributed by atoms with Crippen molar-refractivity contribution in [2.75, 3.05) is 40.9 Å². The van der Waals surface area contributed by atoms with Crippen LogP contribution in [0.3, 0.4) is 0 Å². The minimum Gasteiger partial charge on any atom is -0.387 e. The maximum absolute atomic E-state index is 13.0. The standard InChI is InChI=1S/C57H105N2O6P/c1-6-8-10-12-14-16-18-20-22-24-26-28-29-31-33-35-37-39-41-43-45-47-49-51-57(61)58-55(54-65-66(62,63)64-53-52-59(3,4)5)56(60)50-48-46-44-42-40-38-36-34-32-30-27-25-23-21-19-17-15-13-11-9-7-2/h8,10,14,16,20,22,26,28,31,33,48,50,55-56,60H,6-7,9,11-13,15,17-19,21,23-25,27,29-30,32,34-47,49,51-54H2,1-5H3,(H-,58,61,62,63)/p+1/b10-8-,16-14-,22-20-,28-26-,33-31-,50-48+. The van der Waals surface area contributed by atoms with Crippen molar-refractivity contribution in [1.82, 2.24) is 5.32 Å². The normalized spacial score (nSPS) is 14.6. The van der Waals surface area contributed by atoms with E-state index in [2.05, 4.69) is 79.9 Å². The first kappa shape index (κ1) is 63.9. The number of quaternary nitrogens is 1. The number of aliphatic hydroxyl groups is 1. The van der Waals surface area contributed by atoms with E-state index < -0.39 is 20.0 Å². The Kier molecular flexibility index (Phi) is 46.5. The van der Waals surface area contributed by atoms with Crippen LogP contribution in [0.5, 0.6) is 0 Å². The summed E-state index contributed by atoms with van der Waals surface area (Å²) in [4.78, 5) is 23.3. The van der Waals surface area contributed by atoms with Crippen molar-refractivity contribution in [1.29, 1.82) is 0 Å². The minimum absolute atomic E-state index is 0.0561. The van der Waals surface area contributed by atoms with Crippen molar-refractivity contribution in [3.05, 3.63) is 72.9 Å². The first-order chi connectivity index (χ1) is 32.0. The SMILES string of the molecule is CC/C=C\C/C=C\C/C=C\C/C=C\C/C=C\CCCCCCCCCC(=O)NC(COP(=O)(O)OCC[N+](C)(C)C)C(O)/C=C/CCCCCCCCCCCCCCCCCCCCC. The molecule has 66 heavy (non-hydrogen) atoms. The average molecular weight is 946 g/mol. The Hall–Kier alpha value is -2.06. The topological polar surface area (TPSA) is 105 Å². The number of carbonyl (C=O) groups excluding carboxylic acids is 1. The van der Waals surface area contributed by atoms with Gasteiger partial charge in [-0.1, -0.05) is 234 Å². The predicted octanol–water partition coefficient (Wildman–Crippen LogP) is 16.3. The van der Waals surface area contributed by atoms with E-state index in [0.29, 0.717) is 17.4 Å². The van der Waals surface area contributed by atoms with Crippen LogP contribution in [0.15, 0.2) is 72.9 Å². The summed E-state index contributed by atoms with van der Waals surface area (Å²) in [5.74, 6) is -0.189. The molecule has 8 nitrogen and oxygen atoms in total. The van der Waals surface area contributed by atoms with Crippen molar-refractivity contribution >= 4 is 13.7 Å². The molecule has 0 spiro atoms. The highest BCUT2D eigenvalue weighted by Crippen LogP contribution is 2.43. The largest absolute Gasteiger partial charge is 0.472 e. The summed E-state index contributed by atoms with van der Waals surface area (Å²) in [5.41, 5.74) is 0. The maximum atomic E-state index is 13.0. The molecule has 0 fully saturated rings. The van der Waals surface area contributed by atoms with Crippen LogP contribution < -0.4 is 5.32 Å². The molecule has 0 radical (unpaired) electrons. The molecule has 0 aromatic rings. The molecule has 0 aliphatic heterocycles. The second-order valence-corrected chi connectivity index (χ2v) is 21.0. The Labute approximate surface area is 408 Å². The smallest absolute Gasteiger partial charge is 0.387 e. The van der Waals surface area contributed by atoms with E-state index in [1.54, 1.807) is 6.08 Å². The van der Waals surface area contributed by atoms with Gasteiger partial charge in [-0.3, -0.25) is 13.8 Å². The van der Waals surface area contributed by atoms with Crippen LogP contribution in [0.4, 0.5) is 0 Å². The number of aliphatic hydroxyl groups excluding tert-OH is 1. The van der Waals surface area contributed by atoms with E-state index in [0.717, 1.165) is 83.5 Å². The molecule has 9 heteroatoms. The van der Waals surface area contributed by atoms with Crippen LogP contribution >= 0.6 is 7.82 Å². The highest BCUT2D eigenvalue weighted by molar-refractivity contribution is 7.47. The Morgan fingerprint density at radius 1 is 0.530 bits per heavy atom. The van der Waals surface area contributed by atoms with Crippen LogP contribution in [-0.4, -0.2) is 73.4 Å². The molecule has 3 N–H and O–H groups in total. The molecular weight excluding hydrogens is 840 g/mol. The minimum atomic E-state index is -4.35. The van der Waals surface area contributed by atoms with Gasteiger partial charge in [0.25, 0.3) is 0 Å². The van der Waals surface area contributed by atoms with Crippen molar-refractivity contribution in [2.24, 2.45) is 0 Å². The second kappa shape index (κ2) is 48.0. The van der Waals surface area contributed by atoms with Crippen molar-refractivity contribution in [3.63, 3.8) is 0 Å². The van der Waals surface area contributed by atoms with Gasteiger partial charge in [-0.25, -0.2) is 4.57 Å². The molecule has 0 aliphatic carbocycles. The lowest BCUT2D eigenvalue weighted by Gasteiger charge is -2.25. The molecule has 3 unspecified atom stereocenters. The molecule has 0 saturated carbocycles. The summed E-state index contributed by atoms with van der Waals surface area (Å²) in [6, 6.07) is -0.857. The lowest BCUT2D eigenvalue weighted by atomic mass is 10.0. The number of phosphoric acid groups is 1. The van der Waals surface area contributed by atoms with Crippen molar-refractivity contribution in [2.45, 2.75) is 244 Å². The van der Waals surface area contributed by atoms with Crippen LogP contribution in [-0.2, 0) is 18.4 Å². The summed E-state index contributed by atoms with van der Waals surface area (Å²) < 4.78 is 23.7. The molecule has 384 valence electrons. The molecule has 1 amide bonds. The van der Waals surface area contributed by atoms with Gasteiger partial charge in [-0.05, 0) is 64.2 Å². The summed E-state index contributed by atoms with van der Waals surface area (Å²) >= 11 is 0. The lowest BCUT2D eigenvalue weighted by Crippen LogP contribution is -2.45. The highest BCUT2D eigenvalue weighted by Gasteiger charge is 2.27. The first-order valence-corrected chi connectivity index (χ1v) is 28.8. The molecule has 0 heterocycles. The molecule has 0 rings (SSSR count). The number of nitrogens with one attached hydrogen (secondary N) is 1. The Morgan fingerprint density at radius 3 is 1.33 bits per heavy atom. The number of hydrogen-bond donors (Lipinski definition) is 3. The summed E-state index contributed by atoms with van der Waals surface area (Å²) in [6.45, 7) is 4.70. The summed E-state index contributed by atoms with van der Waals surface area (Å²) in [5, 5.41) is 13.9. The number of carbonyl (C=O) groups is 1. The van der Waals surface area contributed by atoms with E-state index in [1.807, 2.05) is 27.2 Å². The second-order valence-electron chi connectivity index (χ2n) is 19.6. The van der Waals surface area contributed by atoms with E-state index in [-0.39, 0.29) is 19.1 Å².